The van der Waals surface area contributed by atoms with Gasteiger partial charge in [0, 0.05) is 17.5 Å². The summed E-state index contributed by atoms with van der Waals surface area (Å²) in [5.41, 5.74) is 2.72. The summed E-state index contributed by atoms with van der Waals surface area (Å²) in [6, 6.07) is 2.89. The maximum absolute atomic E-state index is 3.82. The Kier molecular flexibility index (Phi) is 5.45. The summed E-state index contributed by atoms with van der Waals surface area (Å²) in [5.74, 6) is 0. The van der Waals surface area contributed by atoms with E-state index in [1.165, 1.54) is 36.8 Å². The van der Waals surface area contributed by atoms with Crippen LogP contribution in [0, 0.1) is 13.8 Å². The zero-order chi connectivity index (χ0) is 10.8. The van der Waals surface area contributed by atoms with Crippen LogP contribution in [0.25, 0.3) is 0 Å². The van der Waals surface area contributed by atoms with Crippen molar-refractivity contribution in [1.29, 1.82) is 0 Å². The van der Waals surface area contributed by atoms with Gasteiger partial charge in [-0.2, -0.15) is 0 Å². The highest BCUT2D eigenvalue weighted by Gasteiger charge is 2.30. The normalized spacial score (nSPS) is 24.9. The summed E-state index contributed by atoms with van der Waals surface area (Å²) in [6.07, 6.45) is 9.91. The molecule has 90 valence electrons. The fraction of sp³-hybridized carbons (Fsp3) is 0.615. The average Bonchev–Trinajstić information content (AvgIpc) is 2.16. The van der Waals surface area contributed by atoms with Crippen molar-refractivity contribution in [1.82, 2.24) is 0 Å². The van der Waals surface area contributed by atoms with Gasteiger partial charge in [-0.15, -0.1) is 0 Å². The van der Waals surface area contributed by atoms with Crippen LogP contribution in [0.2, 0.25) is 0 Å². The summed E-state index contributed by atoms with van der Waals surface area (Å²) >= 11 is 3.82. The lowest BCUT2D eigenvalue weighted by molar-refractivity contribution is -0.724. The molecule has 0 aliphatic heterocycles. The molecule has 0 saturated heterocycles. The van der Waals surface area contributed by atoms with E-state index in [-0.39, 0.29) is 17.0 Å². The molecule has 1 fully saturated rings. The minimum atomic E-state index is 0. The third-order valence-corrected chi connectivity index (χ3v) is 4.26. The average molecular weight is 349 g/mol. The second kappa shape index (κ2) is 6.15. The Hall–Kier alpha value is 0.110. The Balaban J connectivity index is 0.00000128. The van der Waals surface area contributed by atoms with E-state index in [1.807, 2.05) is 0 Å². The van der Waals surface area contributed by atoms with Crippen LogP contribution in [0.4, 0.5) is 0 Å². The molecule has 3 heteroatoms. The lowest BCUT2D eigenvalue weighted by Crippen LogP contribution is -3.00. The van der Waals surface area contributed by atoms with Crippen molar-refractivity contribution in [2.24, 2.45) is 0 Å². The molecule has 2 atom stereocenters. The van der Waals surface area contributed by atoms with Crippen molar-refractivity contribution in [2.75, 3.05) is 0 Å². The van der Waals surface area contributed by atoms with E-state index < -0.39 is 0 Å². The molecule has 1 aromatic heterocycles. The zero-order valence-electron chi connectivity index (χ0n) is 9.92. The van der Waals surface area contributed by atoms with Gasteiger partial charge in [-0.05, 0) is 32.8 Å². The molecule has 0 spiro atoms. The van der Waals surface area contributed by atoms with Crippen molar-refractivity contribution in [3.05, 3.63) is 29.6 Å². The first kappa shape index (κ1) is 14.2. The Morgan fingerprint density at radius 1 is 1.12 bits per heavy atom. The van der Waals surface area contributed by atoms with Gasteiger partial charge >= 0.3 is 0 Å². The monoisotopic (exact) mass is 347 g/mol. The number of halogens is 2. The van der Waals surface area contributed by atoms with Gasteiger partial charge in [0.1, 0.15) is 0 Å². The van der Waals surface area contributed by atoms with Crippen molar-refractivity contribution < 1.29 is 21.5 Å². The number of hydrogen-bond donors (Lipinski definition) is 0. The van der Waals surface area contributed by atoms with E-state index in [2.05, 4.69) is 52.8 Å². The summed E-state index contributed by atoms with van der Waals surface area (Å²) in [4.78, 5) is 0.650. The van der Waals surface area contributed by atoms with Crippen LogP contribution < -0.4 is 21.5 Å². The minimum absolute atomic E-state index is 0. The first-order valence-electron chi connectivity index (χ1n) is 5.80. The maximum Gasteiger partial charge on any atom is 0.172 e. The number of aryl methyl sites for hydroxylation is 2. The molecule has 0 radical (unpaired) electrons. The van der Waals surface area contributed by atoms with Crippen LogP contribution in [-0.2, 0) is 0 Å². The van der Waals surface area contributed by atoms with Gasteiger partial charge in [0.05, 0.1) is 4.83 Å². The molecule has 0 N–H and O–H groups in total. The molecule has 0 aromatic carbocycles. The lowest BCUT2D eigenvalue weighted by atomic mass is 9.95. The van der Waals surface area contributed by atoms with Gasteiger partial charge in [-0.25, -0.2) is 4.57 Å². The van der Waals surface area contributed by atoms with Crippen LogP contribution in [0.5, 0.6) is 0 Å². The van der Waals surface area contributed by atoms with E-state index in [9.17, 15) is 0 Å². The van der Waals surface area contributed by atoms with Crippen molar-refractivity contribution in [3.63, 3.8) is 0 Å². The number of alkyl halides is 1. The molecule has 2 rings (SSSR count). The fourth-order valence-corrected chi connectivity index (χ4v) is 3.40. The van der Waals surface area contributed by atoms with E-state index in [4.69, 9.17) is 0 Å². The van der Waals surface area contributed by atoms with E-state index in [0.29, 0.717) is 10.9 Å². The largest absolute Gasteiger partial charge is 1.00 e. The summed E-state index contributed by atoms with van der Waals surface area (Å²) in [6.45, 7) is 4.35. The Bertz CT molecular complexity index is 332. The topological polar surface area (TPSA) is 3.88 Å². The van der Waals surface area contributed by atoms with E-state index >= 15 is 0 Å². The van der Waals surface area contributed by atoms with Crippen LogP contribution in [0.3, 0.4) is 0 Å². The molecule has 1 aliphatic rings. The molecule has 1 saturated carbocycles. The predicted octanol–water partition coefficient (Wildman–Crippen LogP) is 0.474. The molecule has 0 amide bonds. The van der Waals surface area contributed by atoms with Gasteiger partial charge in [0.2, 0.25) is 0 Å². The molecule has 0 bridgehead atoms. The quantitative estimate of drug-likeness (QED) is 0.513. The smallest absolute Gasteiger partial charge is 0.172 e. The van der Waals surface area contributed by atoms with Crippen LogP contribution in [-0.4, -0.2) is 4.83 Å². The molecule has 1 nitrogen and oxygen atoms in total. The van der Waals surface area contributed by atoms with Crippen LogP contribution in [0.1, 0.15) is 42.9 Å². The van der Waals surface area contributed by atoms with Crippen molar-refractivity contribution >= 4 is 15.9 Å². The first-order chi connectivity index (χ1) is 7.16. The molecular formula is C13H19Br2N. The number of pyridine rings is 1. The second-order valence-corrected chi connectivity index (χ2v) is 5.88. The third kappa shape index (κ3) is 3.30. The predicted molar refractivity (Wildman–Crippen MR) is 66.3 cm³/mol. The van der Waals surface area contributed by atoms with E-state index in [0.717, 1.165) is 0 Å². The van der Waals surface area contributed by atoms with Gasteiger partial charge < -0.3 is 17.0 Å². The number of rotatable bonds is 1. The Morgan fingerprint density at radius 2 is 1.69 bits per heavy atom. The Labute approximate surface area is 117 Å². The molecule has 1 aromatic rings. The number of aromatic nitrogens is 1. The highest BCUT2D eigenvalue weighted by atomic mass is 79.9. The standard InChI is InChI=1S/C13H19BrN.BrH/c1-10-7-11(2)9-15(8-10)13-6-4-3-5-12(13)14;/h7-9,12-13H,3-6H2,1-2H3;1H/q+1;/p-1/t12-,13-;/m1./s1. The zero-order valence-corrected chi connectivity index (χ0v) is 13.1. The number of hydrogen-bond acceptors (Lipinski definition) is 0. The lowest BCUT2D eigenvalue weighted by Gasteiger charge is -2.23. The van der Waals surface area contributed by atoms with E-state index in [1.54, 1.807) is 0 Å². The highest BCUT2D eigenvalue weighted by Crippen LogP contribution is 2.30. The van der Waals surface area contributed by atoms with Gasteiger partial charge in [0.25, 0.3) is 0 Å². The third-order valence-electron chi connectivity index (χ3n) is 3.19. The highest BCUT2D eigenvalue weighted by molar-refractivity contribution is 9.09. The van der Waals surface area contributed by atoms with Crippen LogP contribution >= 0.6 is 15.9 Å². The van der Waals surface area contributed by atoms with Gasteiger partial charge in [-0.3, -0.25) is 0 Å². The Morgan fingerprint density at radius 3 is 2.25 bits per heavy atom. The first-order valence-corrected chi connectivity index (χ1v) is 6.71. The second-order valence-electron chi connectivity index (χ2n) is 4.71. The van der Waals surface area contributed by atoms with Crippen molar-refractivity contribution in [2.45, 2.75) is 50.4 Å². The van der Waals surface area contributed by atoms with Crippen LogP contribution in [0.15, 0.2) is 18.5 Å². The molecule has 1 heterocycles. The van der Waals surface area contributed by atoms with Gasteiger partial charge in [-0.1, -0.05) is 22.4 Å². The maximum atomic E-state index is 3.82. The van der Waals surface area contributed by atoms with Gasteiger partial charge in [0.15, 0.2) is 18.4 Å². The summed E-state index contributed by atoms with van der Waals surface area (Å²) < 4.78 is 2.41. The minimum Gasteiger partial charge on any atom is -1.00 e. The molecule has 16 heavy (non-hydrogen) atoms. The molecular weight excluding hydrogens is 330 g/mol. The number of nitrogens with zero attached hydrogens (tertiary/aromatic N) is 1. The fourth-order valence-electron chi connectivity index (χ4n) is 2.53. The molecule has 1 aliphatic carbocycles. The summed E-state index contributed by atoms with van der Waals surface area (Å²) in [7, 11) is 0. The van der Waals surface area contributed by atoms with Crippen molar-refractivity contribution in [3.8, 4) is 0 Å². The summed E-state index contributed by atoms with van der Waals surface area (Å²) in [5, 5.41) is 0. The SMILES string of the molecule is Cc1cc(C)c[n+]([C@@H]2CCCC[C@H]2Br)c1.[Br-]. The molecule has 0 unspecified atom stereocenters.